The van der Waals surface area contributed by atoms with E-state index in [2.05, 4.69) is 199 Å². The van der Waals surface area contributed by atoms with E-state index in [9.17, 15) is 0 Å². The highest BCUT2D eigenvalue weighted by Crippen LogP contribution is 2.39. The molecular formula is C57H36N2O. The van der Waals surface area contributed by atoms with Crippen LogP contribution in [0.4, 0.5) is 0 Å². The fourth-order valence-electron chi connectivity index (χ4n) is 9.05. The maximum absolute atomic E-state index is 6.12. The lowest BCUT2D eigenvalue weighted by Crippen LogP contribution is -1.94. The van der Waals surface area contributed by atoms with Gasteiger partial charge in [0.05, 0.1) is 11.0 Å². The van der Waals surface area contributed by atoms with Crippen LogP contribution in [-0.4, -0.2) is 9.55 Å². The van der Waals surface area contributed by atoms with Crippen molar-refractivity contribution >= 4 is 54.5 Å². The maximum atomic E-state index is 6.12. The van der Waals surface area contributed by atoms with Crippen molar-refractivity contribution in [3.63, 3.8) is 0 Å². The molecule has 0 saturated heterocycles. The summed E-state index contributed by atoms with van der Waals surface area (Å²) in [5.41, 5.74) is 15.6. The molecule has 3 heteroatoms. The molecule has 0 spiro atoms. The minimum absolute atomic E-state index is 0.622. The Hall–Kier alpha value is -8.01. The van der Waals surface area contributed by atoms with E-state index in [0.29, 0.717) is 5.89 Å². The van der Waals surface area contributed by atoms with E-state index in [-0.39, 0.29) is 0 Å². The number of hydrogen-bond donors (Lipinski definition) is 0. The van der Waals surface area contributed by atoms with Crippen molar-refractivity contribution in [2.24, 2.45) is 0 Å². The quantitative estimate of drug-likeness (QED) is 0.169. The van der Waals surface area contributed by atoms with Gasteiger partial charge >= 0.3 is 0 Å². The molecule has 0 saturated carbocycles. The van der Waals surface area contributed by atoms with Crippen molar-refractivity contribution in [2.45, 2.75) is 0 Å². The molecule has 0 atom stereocenters. The first-order chi connectivity index (χ1) is 29.7. The SMILES string of the molecule is c1ccc2c(-c3ccc(-c4ccc5c(c4)c4cc(-c6ccc(-c7cccc8ccccc78)cc6)ccc4n5-c4ccc(-c5nc6ccccc6o5)cc4)cc3)cccc2c1. The number of hydrogen-bond acceptors (Lipinski definition) is 2. The molecule has 12 rings (SSSR count). The lowest BCUT2D eigenvalue weighted by atomic mass is 9.95. The Morgan fingerprint density at radius 2 is 0.783 bits per heavy atom. The van der Waals surface area contributed by atoms with Gasteiger partial charge < -0.3 is 8.98 Å². The van der Waals surface area contributed by atoms with E-state index in [4.69, 9.17) is 9.40 Å². The highest BCUT2D eigenvalue weighted by Gasteiger charge is 2.17. The van der Waals surface area contributed by atoms with Crippen LogP contribution in [0.25, 0.3) is 116 Å². The second-order valence-electron chi connectivity index (χ2n) is 15.5. The molecule has 0 fully saturated rings. The van der Waals surface area contributed by atoms with E-state index in [1.165, 1.54) is 76.8 Å². The molecule has 0 amide bonds. The summed E-state index contributed by atoms with van der Waals surface area (Å²) >= 11 is 0. The van der Waals surface area contributed by atoms with Gasteiger partial charge in [0.2, 0.25) is 5.89 Å². The smallest absolute Gasteiger partial charge is 0.227 e. The van der Waals surface area contributed by atoms with Gasteiger partial charge in [-0.15, -0.1) is 0 Å². The van der Waals surface area contributed by atoms with Crippen LogP contribution in [0, 0.1) is 0 Å². The van der Waals surface area contributed by atoms with Crippen molar-refractivity contribution in [1.29, 1.82) is 0 Å². The van der Waals surface area contributed by atoms with Crippen LogP contribution in [0.2, 0.25) is 0 Å². The first-order valence-electron chi connectivity index (χ1n) is 20.4. The Morgan fingerprint density at radius 3 is 1.33 bits per heavy atom. The molecule has 0 aliphatic heterocycles. The third kappa shape index (κ3) is 5.71. The summed E-state index contributed by atoms with van der Waals surface area (Å²) < 4.78 is 8.50. The highest BCUT2D eigenvalue weighted by molar-refractivity contribution is 6.12. The van der Waals surface area contributed by atoms with Crippen LogP contribution in [0.1, 0.15) is 0 Å². The minimum atomic E-state index is 0.622. The van der Waals surface area contributed by atoms with Gasteiger partial charge in [0.25, 0.3) is 0 Å². The maximum Gasteiger partial charge on any atom is 0.227 e. The minimum Gasteiger partial charge on any atom is -0.436 e. The van der Waals surface area contributed by atoms with Crippen LogP contribution in [0.5, 0.6) is 0 Å². The monoisotopic (exact) mass is 764 g/mol. The molecule has 10 aromatic carbocycles. The molecule has 0 radical (unpaired) electrons. The molecule has 0 bridgehead atoms. The van der Waals surface area contributed by atoms with Crippen molar-refractivity contribution in [3.8, 4) is 61.6 Å². The van der Waals surface area contributed by atoms with Crippen LogP contribution in [-0.2, 0) is 0 Å². The van der Waals surface area contributed by atoms with E-state index < -0.39 is 0 Å². The summed E-state index contributed by atoms with van der Waals surface area (Å²) in [5.74, 6) is 0.622. The number of fused-ring (bicyclic) bond motifs is 6. The van der Waals surface area contributed by atoms with Gasteiger partial charge in [-0.25, -0.2) is 4.98 Å². The Kier molecular flexibility index (Phi) is 7.85. The highest BCUT2D eigenvalue weighted by atomic mass is 16.3. The fraction of sp³-hybridized carbons (Fsp3) is 0. The van der Waals surface area contributed by atoms with Crippen molar-refractivity contribution in [3.05, 3.63) is 218 Å². The Balaban J connectivity index is 0.966. The number of nitrogens with zero attached hydrogens (tertiary/aromatic N) is 2. The number of para-hydroxylation sites is 2. The zero-order chi connectivity index (χ0) is 39.6. The Morgan fingerprint density at radius 1 is 0.333 bits per heavy atom. The summed E-state index contributed by atoms with van der Waals surface area (Å²) in [6.07, 6.45) is 0. The molecule has 0 N–H and O–H groups in total. The zero-order valence-corrected chi connectivity index (χ0v) is 32.6. The van der Waals surface area contributed by atoms with Crippen molar-refractivity contribution in [1.82, 2.24) is 9.55 Å². The first kappa shape index (κ1) is 34.1. The summed E-state index contributed by atoms with van der Waals surface area (Å²) in [6, 6.07) is 78.6. The molecule has 0 aliphatic rings. The molecule has 0 aliphatic carbocycles. The van der Waals surface area contributed by atoms with Gasteiger partial charge in [-0.1, -0.05) is 158 Å². The van der Waals surface area contributed by atoms with Gasteiger partial charge in [-0.2, -0.15) is 0 Å². The standard InChI is InChI=1S/C57H36N2O/c1-3-13-47-39(9-1)11-7-15-49(47)41-23-19-37(20-24-41)44-29-33-54-51(35-44)52-36-45(38-21-25-42(26-22-38)50-16-8-12-40-10-2-4-14-48(40)50)30-34-55(52)59(54)46-31-27-43(28-32-46)57-58-53-17-5-6-18-56(53)60-57/h1-36H. The third-order valence-corrected chi connectivity index (χ3v) is 12.1. The number of aromatic nitrogens is 2. The third-order valence-electron chi connectivity index (χ3n) is 12.1. The van der Waals surface area contributed by atoms with Gasteiger partial charge in [0.1, 0.15) is 5.52 Å². The van der Waals surface area contributed by atoms with Crippen molar-refractivity contribution < 1.29 is 4.42 Å². The second kappa shape index (κ2) is 13.8. The van der Waals surface area contributed by atoms with Crippen molar-refractivity contribution in [2.75, 3.05) is 0 Å². The van der Waals surface area contributed by atoms with Crippen LogP contribution >= 0.6 is 0 Å². The molecule has 2 heterocycles. The summed E-state index contributed by atoms with van der Waals surface area (Å²) in [4.78, 5) is 4.75. The average molecular weight is 765 g/mol. The van der Waals surface area contributed by atoms with E-state index in [1.807, 2.05) is 24.3 Å². The van der Waals surface area contributed by atoms with Gasteiger partial charge in [0, 0.05) is 22.0 Å². The largest absolute Gasteiger partial charge is 0.436 e. The van der Waals surface area contributed by atoms with Gasteiger partial charge in [-0.3, -0.25) is 0 Å². The lowest BCUT2D eigenvalue weighted by Gasteiger charge is -2.10. The summed E-state index contributed by atoms with van der Waals surface area (Å²) in [6.45, 7) is 0. The Labute approximate surface area is 347 Å². The predicted molar refractivity (Wildman–Crippen MR) is 251 cm³/mol. The molecule has 12 aromatic rings. The predicted octanol–water partition coefficient (Wildman–Crippen LogP) is 15.6. The van der Waals surface area contributed by atoms with Crippen LogP contribution in [0.15, 0.2) is 223 Å². The van der Waals surface area contributed by atoms with Gasteiger partial charge in [0.15, 0.2) is 5.58 Å². The number of oxazole rings is 1. The van der Waals surface area contributed by atoms with Crippen LogP contribution < -0.4 is 0 Å². The van der Waals surface area contributed by atoms with Crippen LogP contribution in [0.3, 0.4) is 0 Å². The topological polar surface area (TPSA) is 31.0 Å². The first-order valence-corrected chi connectivity index (χ1v) is 20.4. The zero-order valence-electron chi connectivity index (χ0n) is 32.6. The number of benzene rings is 10. The summed E-state index contributed by atoms with van der Waals surface area (Å²) in [5, 5.41) is 7.45. The molecule has 2 aromatic heterocycles. The molecular weight excluding hydrogens is 729 g/mol. The summed E-state index contributed by atoms with van der Waals surface area (Å²) in [7, 11) is 0. The fourth-order valence-corrected chi connectivity index (χ4v) is 9.05. The van der Waals surface area contributed by atoms with E-state index in [1.54, 1.807) is 0 Å². The lowest BCUT2D eigenvalue weighted by molar-refractivity contribution is 0.620. The molecule has 280 valence electrons. The van der Waals surface area contributed by atoms with E-state index >= 15 is 0 Å². The molecule has 60 heavy (non-hydrogen) atoms. The second-order valence-corrected chi connectivity index (χ2v) is 15.5. The molecule has 3 nitrogen and oxygen atoms in total. The average Bonchev–Trinajstić information content (AvgIpc) is 3.90. The molecule has 0 unspecified atom stereocenters. The number of rotatable bonds is 6. The Bertz CT molecular complexity index is 3350. The van der Waals surface area contributed by atoms with E-state index in [0.717, 1.165) is 33.4 Å². The normalized spacial score (nSPS) is 11.7. The van der Waals surface area contributed by atoms with Gasteiger partial charge in [-0.05, 0) is 127 Å².